The van der Waals surface area contributed by atoms with E-state index in [0.717, 1.165) is 24.9 Å². The van der Waals surface area contributed by atoms with Crippen LogP contribution in [0.25, 0.3) is 0 Å². The topological polar surface area (TPSA) is 101 Å². The van der Waals surface area contributed by atoms with Crippen molar-refractivity contribution in [3.05, 3.63) is 28.3 Å². The summed E-state index contributed by atoms with van der Waals surface area (Å²) in [5.74, 6) is 0.554. The number of rotatable bonds is 4. The van der Waals surface area contributed by atoms with Crippen LogP contribution in [0.1, 0.15) is 32.6 Å². The molecule has 0 amide bonds. The van der Waals surface area contributed by atoms with Crippen LogP contribution in [-0.4, -0.2) is 22.2 Å². The van der Waals surface area contributed by atoms with Gasteiger partial charge in [0.05, 0.1) is 17.1 Å². The first-order chi connectivity index (χ1) is 9.46. The fraction of sp³-hybridized carbons (Fsp3) is 0.571. The van der Waals surface area contributed by atoms with Gasteiger partial charge in [0.15, 0.2) is 0 Å². The summed E-state index contributed by atoms with van der Waals surface area (Å²) < 4.78 is 0. The molecular weight excluding hydrogens is 258 g/mol. The number of hydrogen-bond donors (Lipinski definition) is 3. The van der Waals surface area contributed by atoms with E-state index < -0.39 is 4.92 Å². The van der Waals surface area contributed by atoms with Crippen LogP contribution in [-0.2, 0) is 0 Å². The Morgan fingerprint density at radius 3 is 2.90 bits per heavy atom. The first kappa shape index (κ1) is 14.6. The SMILES string of the molecule is CC1CCCC(CO)(Nc2ccc([N+](=O)[O-])c(N)c2)C1. The average molecular weight is 279 g/mol. The van der Waals surface area contributed by atoms with Crippen LogP contribution in [0.3, 0.4) is 0 Å². The summed E-state index contributed by atoms with van der Waals surface area (Å²) in [7, 11) is 0. The number of nitrogens with zero attached hydrogens (tertiary/aromatic N) is 1. The first-order valence-electron chi connectivity index (χ1n) is 6.89. The molecule has 2 unspecified atom stereocenters. The zero-order valence-electron chi connectivity index (χ0n) is 11.6. The molecule has 2 rings (SSSR count). The average Bonchev–Trinajstić information content (AvgIpc) is 2.38. The van der Waals surface area contributed by atoms with Crippen molar-refractivity contribution in [2.45, 2.75) is 38.1 Å². The van der Waals surface area contributed by atoms with Gasteiger partial charge in [-0.1, -0.05) is 19.8 Å². The van der Waals surface area contributed by atoms with Gasteiger partial charge in [-0.3, -0.25) is 10.1 Å². The lowest BCUT2D eigenvalue weighted by Crippen LogP contribution is -2.45. The summed E-state index contributed by atoms with van der Waals surface area (Å²) in [6.45, 7) is 2.23. The van der Waals surface area contributed by atoms with Crippen LogP contribution < -0.4 is 11.1 Å². The summed E-state index contributed by atoms with van der Waals surface area (Å²) in [5.41, 5.74) is 6.11. The Hall–Kier alpha value is -1.82. The predicted octanol–water partition coefficient (Wildman–Crippen LogP) is 2.53. The van der Waals surface area contributed by atoms with Gasteiger partial charge in [0.2, 0.25) is 0 Å². The Kier molecular flexibility index (Phi) is 4.13. The van der Waals surface area contributed by atoms with Crippen molar-refractivity contribution in [3.8, 4) is 0 Å². The monoisotopic (exact) mass is 279 g/mol. The molecule has 1 fully saturated rings. The number of benzene rings is 1. The molecule has 0 heterocycles. The molecule has 6 nitrogen and oxygen atoms in total. The molecule has 1 aromatic rings. The lowest BCUT2D eigenvalue weighted by atomic mass is 9.76. The van der Waals surface area contributed by atoms with Gasteiger partial charge in [-0.2, -0.15) is 0 Å². The molecule has 1 aliphatic rings. The van der Waals surface area contributed by atoms with E-state index in [4.69, 9.17) is 5.73 Å². The molecule has 0 aromatic heterocycles. The van der Waals surface area contributed by atoms with E-state index in [9.17, 15) is 15.2 Å². The second kappa shape index (κ2) is 5.66. The van der Waals surface area contributed by atoms with Crippen molar-refractivity contribution in [2.24, 2.45) is 5.92 Å². The van der Waals surface area contributed by atoms with Crippen molar-refractivity contribution >= 4 is 17.1 Å². The molecule has 0 bridgehead atoms. The molecule has 0 radical (unpaired) electrons. The van der Waals surface area contributed by atoms with Crippen molar-refractivity contribution in [1.29, 1.82) is 0 Å². The van der Waals surface area contributed by atoms with Crippen LogP contribution in [0, 0.1) is 16.0 Å². The number of aliphatic hydroxyl groups excluding tert-OH is 1. The quantitative estimate of drug-likeness (QED) is 0.446. The minimum Gasteiger partial charge on any atom is -0.394 e. The fourth-order valence-corrected chi connectivity index (χ4v) is 3.06. The Morgan fingerprint density at radius 2 is 2.35 bits per heavy atom. The minimum atomic E-state index is -0.496. The highest BCUT2D eigenvalue weighted by atomic mass is 16.6. The highest BCUT2D eigenvalue weighted by Gasteiger charge is 2.34. The van der Waals surface area contributed by atoms with Crippen LogP contribution in [0.2, 0.25) is 0 Å². The van der Waals surface area contributed by atoms with Crippen molar-refractivity contribution in [3.63, 3.8) is 0 Å². The van der Waals surface area contributed by atoms with E-state index in [2.05, 4.69) is 12.2 Å². The number of anilines is 2. The van der Waals surface area contributed by atoms with Gasteiger partial charge in [0.1, 0.15) is 5.69 Å². The number of nitrogens with one attached hydrogen (secondary N) is 1. The smallest absolute Gasteiger partial charge is 0.292 e. The number of nitro benzene ring substituents is 1. The van der Waals surface area contributed by atoms with E-state index in [1.165, 1.54) is 12.5 Å². The number of nitrogen functional groups attached to an aromatic ring is 1. The summed E-state index contributed by atoms with van der Waals surface area (Å²) in [5, 5.41) is 23.8. The summed E-state index contributed by atoms with van der Waals surface area (Å²) in [6, 6.07) is 4.61. The van der Waals surface area contributed by atoms with Gasteiger partial charge < -0.3 is 16.2 Å². The zero-order valence-corrected chi connectivity index (χ0v) is 11.6. The van der Waals surface area contributed by atoms with Gasteiger partial charge in [0, 0.05) is 11.8 Å². The van der Waals surface area contributed by atoms with Gasteiger partial charge in [-0.05, 0) is 30.9 Å². The molecule has 110 valence electrons. The number of nitrogens with two attached hydrogens (primary N) is 1. The van der Waals surface area contributed by atoms with Crippen LogP contribution >= 0.6 is 0 Å². The van der Waals surface area contributed by atoms with Gasteiger partial charge in [-0.15, -0.1) is 0 Å². The molecule has 4 N–H and O–H groups in total. The van der Waals surface area contributed by atoms with Crippen molar-refractivity contribution in [2.75, 3.05) is 17.7 Å². The van der Waals surface area contributed by atoms with Crippen LogP contribution in [0.5, 0.6) is 0 Å². The van der Waals surface area contributed by atoms with E-state index in [0.29, 0.717) is 5.92 Å². The molecule has 0 aliphatic heterocycles. The molecule has 1 aliphatic carbocycles. The minimum absolute atomic E-state index is 0.0498. The van der Waals surface area contributed by atoms with Crippen molar-refractivity contribution < 1.29 is 10.0 Å². The lowest BCUT2D eigenvalue weighted by Gasteiger charge is -2.40. The van der Waals surface area contributed by atoms with E-state index in [1.807, 2.05) is 0 Å². The Bertz CT molecular complexity index is 506. The van der Waals surface area contributed by atoms with E-state index in [1.54, 1.807) is 12.1 Å². The lowest BCUT2D eigenvalue weighted by molar-refractivity contribution is -0.383. The first-order valence-corrected chi connectivity index (χ1v) is 6.89. The van der Waals surface area contributed by atoms with Crippen LogP contribution in [0.15, 0.2) is 18.2 Å². The molecule has 2 atom stereocenters. The number of hydrogen-bond acceptors (Lipinski definition) is 5. The summed E-state index contributed by atoms with van der Waals surface area (Å²) >= 11 is 0. The predicted molar refractivity (Wildman–Crippen MR) is 78.6 cm³/mol. The molecule has 1 aromatic carbocycles. The highest BCUT2D eigenvalue weighted by molar-refractivity contribution is 5.66. The van der Waals surface area contributed by atoms with E-state index >= 15 is 0 Å². The van der Waals surface area contributed by atoms with E-state index in [-0.39, 0.29) is 23.5 Å². The standard InChI is InChI=1S/C14H21N3O3/c1-10-3-2-6-14(8-10,9-18)16-11-4-5-13(17(19)20)12(15)7-11/h4-5,7,10,16,18H,2-3,6,8-9,15H2,1H3. The molecule has 0 saturated heterocycles. The summed E-state index contributed by atoms with van der Waals surface area (Å²) in [6.07, 6.45) is 4.02. The number of aliphatic hydroxyl groups is 1. The van der Waals surface area contributed by atoms with Crippen LogP contribution in [0.4, 0.5) is 17.1 Å². The maximum absolute atomic E-state index is 10.8. The summed E-state index contributed by atoms with van der Waals surface area (Å²) in [4.78, 5) is 10.3. The Balaban J connectivity index is 2.19. The third kappa shape index (κ3) is 3.01. The van der Waals surface area contributed by atoms with Gasteiger partial charge in [-0.25, -0.2) is 0 Å². The van der Waals surface area contributed by atoms with Crippen molar-refractivity contribution in [1.82, 2.24) is 0 Å². The van der Waals surface area contributed by atoms with Gasteiger partial charge in [0.25, 0.3) is 5.69 Å². The normalized spacial score (nSPS) is 26.2. The fourth-order valence-electron chi connectivity index (χ4n) is 3.06. The number of nitro groups is 1. The zero-order chi connectivity index (χ0) is 14.8. The highest BCUT2D eigenvalue weighted by Crippen LogP contribution is 2.36. The third-order valence-electron chi connectivity index (χ3n) is 4.03. The Labute approximate surface area is 118 Å². The molecule has 20 heavy (non-hydrogen) atoms. The van der Waals surface area contributed by atoms with Gasteiger partial charge >= 0.3 is 0 Å². The molecule has 0 spiro atoms. The largest absolute Gasteiger partial charge is 0.394 e. The second-order valence-corrected chi connectivity index (χ2v) is 5.80. The third-order valence-corrected chi connectivity index (χ3v) is 4.03. The molecule has 1 saturated carbocycles. The maximum atomic E-state index is 10.8. The second-order valence-electron chi connectivity index (χ2n) is 5.80. The maximum Gasteiger partial charge on any atom is 0.292 e. The Morgan fingerprint density at radius 1 is 1.60 bits per heavy atom. The molecular formula is C14H21N3O3. The molecule has 6 heteroatoms.